The van der Waals surface area contributed by atoms with Gasteiger partial charge in [0.25, 0.3) is 0 Å². The van der Waals surface area contributed by atoms with Crippen LogP contribution in [0.5, 0.6) is 0 Å². The minimum atomic E-state index is -1.77. The van der Waals surface area contributed by atoms with Crippen molar-refractivity contribution >= 4 is 24.1 Å². The van der Waals surface area contributed by atoms with Crippen LogP contribution in [0.3, 0.4) is 0 Å². The highest BCUT2D eigenvalue weighted by molar-refractivity contribution is 5.87. The van der Waals surface area contributed by atoms with Crippen LogP contribution in [0.2, 0.25) is 0 Å². The number of esters is 2. The molecule has 10 atom stereocenters. The van der Waals surface area contributed by atoms with Gasteiger partial charge in [-0.2, -0.15) is 0 Å². The number of hydrogen-bond acceptors (Lipinski definition) is 12. The average Bonchev–Trinajstić information content (AvgIpc) is 3.00. The normalized spacial score (nSPS) is 33.5. The minimum absolute atomic E-state index is 0.507. The molecule has 0 aromatic heterocycles. The molecule has 226 valence electrons. The molecule has 2 fully saturated rings. The third kappa shape index (κ3) is 8.09. The lowest BCUT2D eigenvalue weighted by Gasteiger charge is -2.42. The molecule has 2 heterocycles. The van der Waals surface area contributed by atoms with E-state index in [0.29, 0.717) is 0 Å². The van der Waals surface area contributed by atoms with Crippen molar-refractivity contribution in [2.75, 3.05) is 6.61 Å². The monoisotopic (exact) mass is 586 g/mol. The Hall–Kier alpha value is -3.46. The Morgan fingerprint density at radius 1 is 0.690 bits per heavy atom. The van der Waals surface area contributed by atoms with Crippen molar-refractivity contribution in [2.45, 2.75) is 68.3 Å². The third-order valence-electron chi connectivity index (χ3n) is 6.79. The highest BCUT2D eigenvalue weighted by Crippen LogP contribution is 2.27. The molecule has 2 aliphatic heterocycles. The largest absolute Gasteiger partial charge is 0.451 e. The second kappa shape index (κ2) is 14.6. The van der Waals surface area contributed by atoms with E-state index in [4.69, 9.17) is 23.7 Å². The number of rotatable bonds is 9. The molecule has 0 unspecified atom stereocenters. The first-order valence-corrected chi connectivity index (χ1v) is 13.3. The first-order chi connectivity index (χ1) is 20.1. The first-order valence-electron chi connectivity index (χ1n) is 13.3. The zero-order valence-corrected chi connectivity index (χ0v) is 22.7. The fourth-order valence-corrected chi connectivity index (χ4v) is 4.39. The lowest BCUT2D eigenvalue weighted by atomic mass is 9.98. The van der Waals surface area contributed by atoms with Crippen LogP contribution < -0.4 is 0 Å². The Labute approximate surface area is 242 Å². The fourth-order valence-electron chi connectivity index (χ4n) is 4.39. The second-order valence-corrected chi connectivity index (χ2v) is 9.87. The van der Waals surface area contributed by atoms with E-state index in [2.05, 4.69) is 0 Å². The molecule has 0 bridgehead atoms. The number of hydrogen-bond donors (Lipinski definition) is 5. The van der Waals surface area contributed by atoms with Crippen LogP contribution in [-0.4, -0.2) is 105 Å². The van der Waals surface area contributed by atoms with E-state index in [1.165, 1.54) is 19.1 Å². The molecular weight excluding hydrogens is 552 g/mol. The number of carbonyl (C=O) groups is 2. The topological polar surface area (TPSA) is 181 Å². The maximum absolute atomic E-state index is 12.5. The van der Waals surface area contributed by atoms with E-state index in [1.807, 2.05) is 12.1 Å². The zero-order chi connectivity index (χ0) is 30.2. The van der Waals surface area contributed by atoms with Crippen molar-refractivity contribution in [3.8, 4) is 0 Å². The van der Waals surface area contributed by atoms with Gasteiger partial charge in [0.1, 0.15) is 36.6 Å². The molecule has 12 heteroatoms. The fraction of sp³-hybridized carbons (Fsp3) is 0.400. The van der Waals surface area contributed by atoms with Gasteiger partial charge in [0.2, 0.25) is 6.29 Å². The van der Waals surface area contributed by atoms with Gasteiger partial charge in [-0.25, -0.2) is 9.59 Å². The van der Waals surface area contributed by atoms with Gasteiger partial charge in [0.15, 0.2) is 12.4 Å². The van der Waals surface area contributed by atoms with Crippen molar-refractivity contribution in [2.24, 2.45) is 0 Å². The van der Waals surface area contributed by atoms with Crippen molar-refractivity contribution in [1.82, 2.24) is 0 Å². The maximum Gasteiger partial charge on any atom is 0.333 e. The summed E-state index contributed by atoms with van der Waals surface area (Å²) in [5.74, 6) is -1.71. The second-order valence-electron chi connectivity index (χ2n) is 9.87. The summed E-state index contributed by atoms with van der Waals surface area (Å²) in [7, 11) is 0. The molecule has 0 aliphatic carbocycles. The summed E-state index contributed by atoms with van der Waals surface area (Å²) in [6, 6.07) is 17.8. The molecular formula is C30H34O12. The molecule has 2 saturated heterocycles. The molecule has 0 spiro atoms. The molecule has 0 saturated carbocycles. The molecule has 2 aromatic rings. The van der Waals surface area contributed by atoms with Gasteiger partial charge in [0.05, 0.1) is 12.7 Å². The molecule has 4 rings (SSSR count). The molecule has 2 aliphatic rings. The number of benzene rings is 2. The number of carbonyl (C=O) groups excluding carboxylic acids is 2. The van der Waals surface area contributed by atoms with E-state index < -0.39 is 80.0 Å². The van der Waals surface area contributed by atoms with Crippen molar-refractivity contribution in [1.29, 1.82) is 0 Å². The van der Waals surface area contributed by atoms with Crippen LogP contribution in [0, 0.1) is 0 Å². The molecule has 2 aromatic carbocycles. The summed E-state index contributed by atoms with van der Waals surface area (Å²) in [6.07, 6.45) is -9.73. The number of ether oxygens (including phenoxy) is 5. The minimum Gasteiger partial charge on any atom is -0.451 e. The van der Waals surface area contributed by atoms with Crippen LogP contribution in [0.15, 0.2) is 72.8 Å². The predicted molar refractivity (Wildman–Crippen MR) is 146 cm³/mol. The van der Waals surface area contributed by atoms with E-state index >= 15 is 0 Å². The van der Waals surface area contributed by atoms with E-state index in [0.717, 1.165) is 23.3 Å². The zero-order valence-electron chi connectivity index (χ0n) is 22.7. The predicted octanol–water partition coefficient (Wildman–Crippen LogP) is 0.159. The van der Waals surface area contributed by atoms with E-state index in [-0.39, 0.29) is 0 Å². The van der Waals surface area contributed by atoms with Crippen LogP contribution in [0.1, 0.15) is 18.1 Å². The molecule has 12 nitrogen and oxygen atoms in total. The van der Waals surface area contributed by atoms with Gasteiger partial charge in [-0.05, 0) is 30.2 Å². The van der Waals surface area contributed by atoms with Gasteiger partial charge < -0.3 is 49.2 Å². The molecule has 5 N–H and O–H groups in total. The Bertz CT molecular complexity index is 1220. The molecule has 42 heavy (non-hydrogen) atoms. The lowest BCUT2D eigenvalue weighted by molar-refractivity contribution is -0.323. The van der Waals surface area contributed by atoms with Gasteiger partial charge in [-0.1, -0.05) is 60.7 Å². The molecule has 0 radical (unpaired) electrons. The summed E-state index contributed by atoms with van der Waals surface area (Å²) >= 11 is 0. The van der Waals surface area contributed by atoms with Gasteiger partial charge in [-0.15, -0.1) is 0 Å². The highest BCUT2D eigenvalue weighted by atomic mass is 16.7. The smallest absolute Gasteiger partial charge is 0.333 e. The maximum atomic E-state index is 12.5. The van der Waals surface area contributed by atoms with Crippen LogP contribution in [0.25, 0.3) is 12.2 Å². The average molecular weight is 587 g/mol. The first kappa shape index (κ1) is 31.5. The van der Waals surface area contributed by atoms with Crippen LogP contribution in [0.4, 0.5) is 0 Å². The Morgan fingerprint density at radius 3 is 1.81 bits per heavy atom. The summed E-state index contributed by atoms with van der Waals surface area (Å²) in [6.45, 7) is 0.967. The van der Waals surface area contributed by atoms with Gasteiger partial charge in [0, 0.05) is 12.2 Å². The van der Waals surface area contributed by atoms with Crippen LogP contribution >= 0.6 is 0 Å². The van der Waals surface area contributed by atoms with Crippen LogP contribution in [-0.2, 0) is 33.3 Å². The highest BCUT2D eigenvalue weighted by Gasteiger charge is 2.48. The Balaban J connectivity index is 1.39. The Morgan fingerprint density at radius 2 is 1.24 bits per heavy atom. The number of aliphatic hydroxyl groups is 5. The van der Waals surface area contributed by atoms with Gasteiger partial charge >= 0.3 is 11.9 Å². The standard InChI is InChI=1S/C30H34O12/c1-17-23(33)26(36)28(41-21(31)14-12-18-8-4-2-5-9-18)30(39-17)38-16-20-24(34)25(35)27(37)29(40-20)42-22(32)15-13-19-10-6-3-7-11-19/h2-15,17,20,23-30,33-37H,16H2,1H3/t17-,20+,23+,24-,25+,26-,27-,28-,29+,30-/m1/s1. The van der Waals surface area contributed by atoms with Crippen molar-refractivity contribution < 1.29 is 58.8 Å². The molecule has 0 amide bonds. The summed E-state index contributed by atoms with van der Waals surface area (Å²) in [5, 5.41) is 52.1. The summed E-state index contributed by atoms with van der Waals surface area (Å²) in [5.41, 5.74) is 1.45. The van der Waals surface area contributed by atoms with Gasteiger partial charge in [-0.3, -0.25) is 0 Å². The quantitative estimate of drug-likeness (QED) is 0.199. The number of aliphatic hydroxyl groups excluding tert-OH is 5. The van der Waals surface area contributed by atoms with E-state index in [1.54, 1.807) is 48.5 Å². The summed E-state index contributed by atoms with van der Waals surface area (Å²) < 4.78 is 27.3. The summed E-state index contributed by atoms with van der Waals surface area (Å²) in [4.78, 5) is 24.8. The van der Waals surface area contributed by atoms with Crippen molar-refractivity contribution in [3.05, 3.63) is 83.9 Å². The van der Waals surface area contributed by atoms with E-state index in [9.17, 15) is 35.1 Å². The third-order valence-corrected chi connectivity index (χ3v) is 6.79. The lowest BCUT2D eigenvalue weighted by Crippen LogP contribution is -2.61. The Kier molecular flexibility index (Phi) is 11.0. The SMILES string of the molecule is C[C@H]1O[C@@H](OC[C@@H]2O[C@@H](OC(=O)C=Cc3ccccc3)[C@H](O)[C@@H](O)[C@@H]2O)[C@H](OC(=O)C=Cc2ccccc2)[C@H](O)[C@H]1O. The van der Waals surface area contributed by atoms with Crippen molar-refractivity contribution in [3.63, 3.8) is 0 Å².